The van der Waals surface area contributed by atoms with Gasteiger partial charge in [-0.25, -0.2) is 0 Å². The van der Waals surface area contributed by atoms with Crippen molar-refractivity contribution in [1.82, 2.24) is 0 Å². The summed E-state index contributed by atoms with van der Waals surface area (Å²) in [5.41, 5.74) is 10.9. The van der Waals surface area contributed by atoms with Crippen LogP contribution in [-0.4, -0.2) is 13.1 Å². The molecule has 0 aliphatic rings. The van der Waals surface area contributed by atoms with Gasteiger partial charge in [-0.1, -0.05) is 51.4 Å². The van der Waals surface area contributed by atoms with E-state index >= 15 is 0 Å². The predicted molar refractivity (Wildman–Crippen MR) is 68.6 cm³/mol. The summed E-state index contributed by atoms with van der Waals surface area (Å²) in [5, 5.41) is 0. The molecule has 0 rings (SSSR count). The third-order valence-electron chi connectivity index (χ3n) is 2.72. The van der Waals surface area contributed by atoms with Gasteiger partial charge in [0.1, 0.15) is 0 Å². The predicted octanol–water partition coefficient (Wildman–Crippen LogP) is 3.01. The molecule has 0 unspecified atom stereocenters. The minimum Gasteiger partial charge on any atom is -0.330 e. The molecule has 2 heteroatoms. The third kappa shape index (κ3) is 13.9. The minimum atomic E-state index is 0.848. The molecule has 0 aromatic carbocycles. The molecule has 15 heavy (non-hydrogen) atoms. The van der Waals surface area contributed by atoms with E-state index in [1.54, 1.807) is 0 Å². The summed E-state index contributed by atoms with van der Waals surface area (Å²) in [6.07, 6.45) is 15.4. The van der Waals surface area contributed by atoms with Crippen molar-refractivity contribution in [2.75, 3.05) is 13.1 Å². The molecule has 1 radical (unpaired) electrons. The molecule has 0 aromatic rings. The first kappa shape index (κ1) is 14.9. The zero-order valence-corrected chi connectivity index (χ0v) is 10.2. The van der Waals surface area contributed by atoms with Crippen LogP contribution in [0.4, 0.5) is 0 Å². The molecule has 0 fully saturated rings. The van der Waals surface area contributed by atoms with Gasteiger partial charge in [-0.15, -0.1) is 0 Å². The molecule has 4 N–H and O–H groups in total. The largest absolute Gasteiger partial charge is 0.330 e. The standard InChI is InChI=1S/C13H29N2/c14-12-10-8-6-4-2-1-3-5-7-9-11-13-15/h2H,1,3-15H2. The SMILES string of the molecule is NCCCCC[CH]CCCCCCCN. The maximum absolute atomic E-state index is 5.43. The Morgan fingerprint density at radius 1 is 0.533 bits per heavy atom. The number of hydrogen-bond donors (Lipinski definition) is 2. The van der Waals surface area contributed by atoms with Crippen molar-refractivity contribution in [1.29, 1.82) is 0 Å². The van der Waals surface area contributed by atoms with Crippen LogP contribution >= 0.6 is 0 Å². The highest BCUT2D eigenvalue weighted by Gasteiger charge is 1.92. The molecule has 0 aliphatic heterocycles. The Morgan fingerprint density at radius 3 is 1.47 bits per heavy atom. The van der Waals surface area contributed by atoms with Gasteiger partial charge in [0.2, 0.25) is 0 Å². The number of rotatable bonds is 12. The van der Waals surface area contributed by atoms with E-state index in [1.165, 1.54) is 64.2 Å². The molecule has 0 bridgehead atoms. The van der Waals surface area contributed by atoms with Crippen molar-refractivity contribution in [3.63, 3.8) is 0 Å². The van der Waals surface area contributed by atoms with Gasteiger partial charge in [0.25, 0.3) is 0 Å². The fourth-order valence-electron chi connectivity index (χ4n) is 1.72. The number of nitrogens with two attached hydrogens (primary N) is 2. The molecule has 91 valence electrons. The summed E-state index contributed by atoms with van der Waals surface area (Å²) < 4.78 is 0. The summed E-state index contributed by atoms with van der Waals surface area (Å²) in [6.45, 7) is 1.70. The highest BCUT2D eigenvalue weighted by Crippen LogP contribution is 2.09. The van der Waals surface area contributed by atoms with Crippen LogP contribution < -0.4 is 11.5 Å². The van der Waals surface area contributed by atoms with E-state index in [0.29, 0.717) is 0 Å². The highest BCUT2D eigenvalue weighted by molar-refractivity contribution is 4.64. The van der Waals surface area contributed by atoms with Crippen LogP contribution in [0.5, 0.6) is 0 Å². The van der Waals surface area contributed by atoms with Gasteiger partial charge in [-0.05, 0) is 32.4 Å². The second-order valence-corrected chi connectivity index (χ2v) is 4.27. The molecule has 0 aromatic heterocycles. The Morgan fingerprint density at radius 2 is 0.933 bits per heavy atom. The normalized spacial score (nSPS) is 10.8. The van der Waals surface area contributed by atoms with Gasteiger partial charge in [-0.2, -0.15) is 0 Å². The minimum absolute atomic E-state index is 0.848. The molecule has 0 saturated heterocycles. The number of unbranched alkanes of at least 4 members (excludes halogenated alkanes) is 10. The lowest BCUT2D eigenvalue weighted by Crippen LogP contribution is -1.97. The van der Waals surface area contributed by atoms with Crippen LogP contribution in [0.1, 0.15) is 64.2 Å². The molecule has 2 nitrogen and oxygen atoms in total. The van der Waals surface area contributed by atoms with E-state index in [-0.39, 0.29) is 0 Å². The Hall–Kier alpha value is -0.0800. The second kappa shape index (κ2) is 13.9. The van der Waals surface area contributed by atoms with Crippen molar-refractivity contribution < 1.29 is 0 Å². The monoisotopic (exact) mass is 213 g/mol. The van der Waals surface area contributed by atoms with Gasteiger partial charge >= 0.3 is 0 Å². The second-order valence-electron chi connectivity index (χ2n) is 4.27. The molecule has 0 heterocycles. The zero-order valence-electron chi connectivity index (χ0n) is 10.2. The summed E-state index contributed by atoms with van der Waals surface area (Å²) in [7, 11) is 0. The summed E-state index contributed by atoms with van der Waals surface area (Å²) in [4.78, 5) is 0. The van der Waals surface area contributed by atoms with Crippen molar-refractivity contribution in [2.24, 2.45) is 11.5 Å². The Kier molecular flexibility index (Phi) is 13.8. The van der Waals surface area contributed by atoms with Gasteiger partial charge in [0, 0.05) is 0 Å². The molecule has 0 amide bonds. The summed E-state index contributed by atoms with van der Waals surface area (Å²) >= 11 is 0. The third-order valence-corrected chi connectivity index (χ3v) is 2.72. The van der Waals surface area contributed by atoms with Crippen LogP contribution in [-0.2, 0) is 0 Å². The Balaban J connectivity index is 2.81. The Labute approximate surface area is 95.8 Å². The smallest absolute Gasteiger partial charge is 0.00773 e. The average Bonchev–Trinajstić information content (AvgIpc) is 2.26. The van der Waals surface area contributed by atoms with E-state index < -0.39 is 0 Å². The van der Waals surface area contributed by atoms with E-state index in [1.807, 2.05) is 0 Å². The fraction of sp³-hybridized carbons (Fsp3) is 0.923. The van der Waals surface area contributed by atoms with Crippen molar-refractivity contribution in [3.8, 4) is 0 Å². The van der Waals surface area contributed by atoms with E-state index in [9.17, 15) is 0 Å². The zero-order chi connectivity index (χ0) is 11.2. The van der Waals surface area contributed by atoms with Crippen molar-refractivity contribution in [2.45, 2.75) is 64.2 Å². The topological polar surface area (TPSA) is 52.0 Å². The molecular weight excluding hydrogens is 184 g/mol. The van der Waals surface area contributed by atoms with Crippen molar-refractivity contribution in [3.05, 3.63) is 6.42 Å². The molecule has 0 atom stereocenters. The lowest BCUT2D eigenvalue weighted by atomic mass is 10.1. The van der Waals surface area contributed by atoms with Gasteiger partial charge in [-0.3, -0.25) is 0 Å². The molecular formula is C13H29N2. The fourth-order valence-corrected chi connectivity index (χ4v) is 1.72. The van der Waals surface area contributed by atoms with Gasteiger partial charge in [0.15, 0.2) is 0 Å². The first-order chi connectivity index (χ1) is 7.41. The van der Waals surface area contributed by atoms with Gasteiger partial charge in [0.05, 0.1) is 0 Å². The first-order valence-electron chi connectivity index (χ1n) is 6.63. The van der Waals surface area contributed by atoms with Crippen molar-refractivity contribution >= 4 is 0 Å². The van der Waals surface area contributed by atoms with Crippen LogP contribution in [0.2, 0.25) is 0 Å². The lowest BCUT2D eigenvalue weighted by molar-refractivity contribution is 0.601. The maximum Gasteiger partial charge on any atom is -0.00773 e. The molecule has 0 aliphatic carbocycles. The summed E-state index contributed by atoms with van der Waals surface area (Å²) in [5.74, 6) is 0. The van der Waals surface area contributed by atoms with Gasteiger partial charge < -0.3 is 11.5 Å². The van der Waals surface area contributed by atoms with E-state index in [2.05, 4.69) is 6.42 Å². The molecule has 0 saturated carbocycles. The maximum atomic E-state index is 5.43. The van der Waals surface area contributed by atoms with E-state index in [4.69, 9.17) is 11.5 Å². The first-order valence-corrected chi connectivity index (χ1v) is 6.63. The Bertz CT molecular complexity index is 92.7. The van der Waals surface area contributed by atoms with Crippen LogP contribution in [0, 0.1) is 6.42 Å². The quantitative estimate of drug-likeness (QED) is 0.490. The lowest BCUT2D eigenvalue weighted by Gasteiger charge is -2.01. The van der Waals surface area contributed by atoms with E-state index in [0.717, 1.165) is 13.1 Å². The highest BCUT2D eigenvalue weighted by atomic mass is 14.5. The average molecular weight is 213 g/mol. The molecule has 0 spiro atoms. The summed E-state index contributed by atoms with van der Waals surface area (Å²) in [6, 6.07) is 0. The van der Waals surface area contributed by atoms with Crippen LogP contribution in [0.15, 0.2) is 0 Å². The van der Waals surface area contributed by atoms with Crippen LogP contribution in [0.3, 0.4) is 0 Å². The van der Waals surface area contributed by atoms with Crippen LogP contribution in [0.25, 0.3) is 0 Å². The number of hydrogen-bond acceptors (Lipinski definition) is 2.